The predicted octanol–water partition coefficient (Wildman–Crippen LogP) is 1.18. The van der Waals surface area contributed by atoms with Crippen molar-refractivity contribution in [3.63, 3.8) is 0 Å². The van der Waals surface area contributed by atoms with Crippen LogP contribution in [0.4, 0.5) is 0 Å². The van der Waals surface area contributed by atoms with Crippen LogP contribution in [-0.4, -0.2) is 30.8 Å². The average Bonchev–Trinajstić information content (AvgIpc) is 2.98. The maximum absolute atomic E-state index is 12.1. The fourth-order valence-corrected chi connectivity index (χ4v) is 2.86. The molecule has 3 rings (SSSR count). The number of H-pyrrole nitrogens is 1. The smallest absolute Gasteiger partial charge is 0.267 e. The zero-order valence-corrected chi connectivity index (χ0v) is 13.5. The second kappa shape index (κ2) is 6.42. The maximum Gasteiger partial charge on any atom is 0.267 e. The van der Waals surface area contributed by atoms with E-state index in [9.17, 15) is 13.2 Å². The topological polar surface area (TPSA) is 118 Å². The number of nitrogens with zero attached hydrogens (tertiary/aromatic N) is 1. The summed E-state index contributed by atoms with van der Waals surface area (Å²) in [7, 11) is -3.68. The molecule has 0 spiro atoms. The van der Waals surface area contributed by atoms with E-state index in [1.165, 1.54) is 12.1 Å². The lowest BCUT2D eigenvalue weighted by Crippen LogP contribution is -2.25. The van der Waals surface area contributed by atoms with Crippen molar-refractivity contribution in [3.05, 3.63) is 59.9 Å². The summed E-state index contributed by atoms with van der Waals surface area (Å²) in [5.74, 6) is -0.214. The van der Waals surface area contributed by atoms with E-state index in [0.29, 0.717) is 18.7 Å². The lowest BCUT2D eigenvalue weighted by Gasteiger charge is -2.05. The third-order valence-electron chi connectivity index (χ3n) is 3.58. The molecule has 2 aromatic heterocycles. The van der Waals surface area contributed by atoms with Crippen molar-refractivity contribution in [1.82, 2.24) is 15.3 Å². The van der Waals surface area contributed by atoms with Gasteiger partial charge in [-0.2, -0.15) is 0 Å². The van der Waals surface area contributed by atoms with E-state index in [-0.39, 0.29) is 10.8 Å². The number of carbonyl (C=O) groups is 1. The first-order valence-electron chi connectivity index (χ1n) is 7.27. The molecule has 0 radical (unpaired) electrons. The molecule has 0 unspecified atom stereocenters. The van der Waals surface area contributed by atoms with Gasteiger partial charge in [0.25, 0.3) is 5.91 Å². The van der Waals surface area contributed by atoms with E-state index in [1.807, 2.05) is 6.07 Å². The second-order valence-electron chi connectivity index (χ2n) is 5.31. The molecule has 0 saturated carbocycles. The molecule has 4 N–H and O–H groups in total. The molecular weight excluding hydrogens is 328 g/mol. The summed E-state index contributed by atoms with van der Waals surface area (Å²) in [5.41, 5.74) is 2.90. The number of rotatable bonds is 5. The summed E-state index contributed by atoms with van der Waals surface area (Å²) < 4.78 is 22.4. The minimum atomic E-state index is -3.68. The number of hydrogen-bond donors (Lipinski definition) is 3. The minimum absolute atomic E-state index is 0.0702. The van der Waals surface area contributed by atoms with E-state index in [1.54, 1.807) is 30.5 Å². The molecule has 0 atom stereocenters. The van der Waals surface area contributed by atoms with Gasteiger partial charge in [0, 0.05) is 12.7 Å². The average molecular weight is 344 g/mol. The number of fused-ring (bicyclic) bond motifs is 1. The monoisotopic (exact) mass is 344 g/mol. The molecule has 2 heterocycles. The number of nitrogens with one attached hydrogen (secondary N) is 2. The molecular formula is C16H16N4O3S. The number of benzene rings is 1. The highest BCUT2D eigenvalue weighted by Gasteiger charge is 2.10. The van der Waals surface area contributed by atoms with Crippen LogP contribution in [0.25, 0.3) is 11.0 Å². The van der Waals surface area contributed by atoms with Crippen LogP contribution in [0.5, 0.6) is 0 Å². The largest absolute Gasteiger partial charge is 0.350 e. The Kier molecular flexibility index (Phi) is 4.32. The summed E-state index contributed by atoms with van der Waals surface area (Å²) >= 11 is 0. The lowest BCUT2D eigenvalue weighted by molar-refractivity contribution is 0.0950. The third kappa shape index (κ3) is 3.61. The number of hydrogen-bond acceptors (Lipinski definition) is 4. The van der Waals surface area contributed by atoms with Crippen LogP contribution in [0.2, 0.25) is 0 Å². The Morgan fingerprint density at radius 3 is 2.62 bits per heavy atom. The zero-order valence-electron chi connectivity index (χ0n) is 12.7. The molecule has 0 bridgehead atoms. The highest BCUT2D eigenvalue weighted by molar-refractivity contribution is 7.89. The van der Waals surface area contributed by atoms with Crippen LogP contribution < -0.4 is 10.5 Å². The van der Waals surface area contributed by atoms with E-state index in [4.69, 9.17) is 5.14 Å². The summed E-state index contributed by atoms with van der Waals surface area (Å²) in [4.78, 5) is 19.4. The van der Waals surface area contributed by atoms with Crippen molar-refractivity contribution < 1.29 is 13.2 Å². The summed E-state index contributed by atoms with van der Waals surface area (Å²) in [5, 5.41) is 7.86. The summed E-state index contributed by atoms with van der Waals surface area (Å²) in [6, 6.07) is 11.6. The molecule has 0 saturated heterocycles. The Morgan fingerprint density at radius 2 is 1.96 bits per heavy atom. The van der Waals surface area contributed by atoms with Gasteiger partial charge in [0.1, 0.15) is 5.69 Å². The van der Waals surface area contributed by atoms with E-state index < -0.39 is 10.0 Å². The van der Waals surface area contributed by atoms with Gasteiger partial charge < -0.3 is 10.3 Å². The number of sulfonamides is 1. The van der Waals surface area contributed by atoms with Crippen LogP contribution in [0.3, 0.4) is 0 Å². The van der Waals surface area contributed by atoms with Crippen molar-refractivity contribution in [3.8, 4) is 0 Å². The molecule has 3 aromatic rings. The standard InChI is InChI=1S/C16H16N4O3S/c17-24(22,23)12-5-3-11(4-6-12)7-9-19-16(21)15-10-14-13(20-15)2-1-8-18-14/h1-6,8,10,20H,7,9H2,(H,19,21)(H2,17,22,23). The normalized spacial score (nSPS) is 11.5. The van der Waals surface area contributed by atoms with Crippen LogP contribution in [-0.2, 0) is 16.4 Å². The maximum atomic E-state index is 12.1. The van der Waals surface area contributed by atoms with Crippen molar-refractivity contribution >= 4 is 27.0 Å². The number of aromatic amines is 1. The highest BCUT2D eigenvalue weighted by atomic mass is 32.2. The number of primary sulfonamides is 1. The number of nitrogens with two attached hydrogens (primary N) is 1. The van der Waals surface area contributed by atoms with Crippen molar-refractivity contribution in [2.45, 2.75) is 11.3 Å². The second-order valence-corrected chi connectivity index (χ2v) is 6.88. The van der Waals surface area contributed by atoms with E-state index in [2.05, 4.69) is 15.3 Å². The predicted molar refractivity (Wildman–Crippen MR) is 89.9 cm³/mol. The van der Waals surface area contributed by atoms with Gasteiger partial charge in [-0.25, -0.2) is 13.6 Å². The third-order valence-corrected chi connectivity index (χ3v) is 4.51. The van der Waals surface area contributed by atoms with E-state index >= 15 is 0 Å². The van der Waals surface area contributed by atoms with Crippen LogP contribution in [0, 0.1) is 0 Å². The molecule has 1 amide bonds. The Bertz CT molecular complexity index is 945. The first kappa shape index (κ1) is 16.2. The minimum Gasteiger partial charge on any atom is -0.350 e. The fourth-order valence-electron chi connectivity index (χ4n) is 2.34. The molecule has 124 valence electrons. The van der Waals surface area contributed by atoms with Gasteiger partial charge in [0.15, 0.2) is 0 Å². The summed E-state index contributed by atoms with van der Waals surface area (Å²) in [6.45, 7) is 0.427. The SMILES string of the molecule is NS(=O)(=O)c1ccc(CCNC(=O)c2cc3ncccc3[nH]2)cc1. The summed E-state index contributed by atoms with van der Waals surface area (Å²) in [6.07, 6.45) is 2.25. The van der Waals surface area contributed by atoms with Gasteiger partial charge in [0.2, 0.25) is 10.0 Å². The van der Waals surface area contributed by atoms with Crippen LogP contribution in [0.15, 0.2) is 53.6 Å². The van der Waals surface area contributed by atoms with Crippen LogP contribution in [0.1, 0.15) is 16.1 Å². The van der Waals surface area contributed by atoms with Gasteiger partial charge in [0.05, 0.1) is 15.9 Å². The first-order valence-corrected chi connectivity index (χ1v) is 8.82. The van der Waals surface area contributed by atoms with Gasteiger partial charge in [-0.05, 0) is 42.3 Å². The number of amides is 1. The van der Waals surface area contributed by atoms with Gasteiger partial charge in [-0.15, -0.1) is 0 Å². The molecule has 0 fully saturated rings. The lowest BCUT2D eigenvalue weighted by atomic mass is 10.1. The zero-order chi connectivity index (χ0) is 17.2. The molecule has 7 nitrogen and oxygen atoms in total. The van der Waals surface area contributed by atoms with Gasteiger partial charge >= 0.3 is 0 Å². The Balaban J connectivity index is 1.58. The Morgan fingerprint density at radius 1 is 1.21 bits per heavy atom. The molecule has 0 aliphatic heterocycles. The van der Waals surface area contributed by atoms with Gasteiger partial charge in [-0.3, -0.25) is 9.78 Å². The molecule has 0 aliphatic carbocycles. The number of pyridine rings is 1. The van der Waals surface area contributed by atoms with Gasteiger partial charge in [-0.1, -0.05) is 12.1 Å². The number of aromatic nitrogens is 2. The van der Waals surface area contributed by atoms with Crippen molar-refractivity contribution in [2.75, 3.05) is 6.54 Å². The first-order chi connectivity index (χ1) is 11.4. The fraction of sp³-hybridized carbons (Fsp3) is 0.125. The molecule has 0 aliphatic rings. The molecule has 24 heavy (non-hydrogen) atoms. The Hall–Kier alpha value is -2.71. The van der Waals surface area contributed by atoms with Crippen molar-refractivity contribution in [1.29, 1.82) is 0 Å². The quantitative estimate of drug-likeness (QED) is 0.644. The van der Waals surface area contributed by atoms with E-state index in [0.717, 1.165) is 16.6 Å². The molecule has 8 heteroatoms. The van der Waals surface area contributed by atoms with Crippen LogP contribution >= 0.6 is 0 Å². The molecule has 1 aromatic carbocycles. The highest BCUT2D eigenvalue weighted by Crippen LogP contribution is 2.12. The number of carbonyl (C=O) groups excluding carboxylic acids is 1. The Labute approximate surface area is 139 Å². The van der Waals surface area contributed by atoms with Crippen molar-refractivity contribution in [2.24, 2.45) is 5.14 Å².